The summed E-state index contributed by atoms with van der Waals surface area (Å²) in [6, 6.07) is 15.8. The number of nitrogens with zero attached hydrogens (tertiary/aromatic N) is 3. The lowest BCUT2D eigenvalue weighted by atomic mass is 9.96. The van der Waals surface area contributed by atoms with Gasteiger partial charge in [-0.2, -0.15) is 4.98 Å². The van der Waals surface area contributed by atoms with Gasteiger partial charge in [-0.15, -0.1) is 0 Å². The quantitative estimate of drug-likeness (QED) is 0.476. The number of benzene rings is 2. The van der Waals surface area contributed by atoms with E-state index in [9.17, 15) is 4.79 Å². The Bertz CT molecular complexity index is 1200. The molecule has 1 amide bonds. The highest BCUT2D eigenvalue weighted by Crippen LogP contribution is 2.31. The van der Waals surface area contributed by atoms with Gasteiger partial charge in [-0.3, -0.25) is 4.79 Å². The fraction of sp³-hybridized carbons (Fsp3) is 0.292. The molecule has 0 atom stereocenters. The number of aromatic nitrogens is 2. The Morgan fingerprint density at radius 1 is 1.07 bits per heavy atom. The first-order chi connectivity index (χ1) is 14.6. The molecular formula is C24H23N3O3. The number of rotatable bonds is 3. The third-order valence-electron chi connectivity index (χ3n) is 5.89. The van der Waals surface area contributed by atoms with Gasteiger partial charge in [0.2, 0.25) is 11.7 Å². The van der Waals surface area contributed by atoms with Crippen LogP contribution in [0.2, 0.25) is 0 Å². The Kier molecular flexibility index (Phi) is 4.62. The minimum Gasteiger partial charge on any atom is -0.451 e. The van der Waals surface area contributed by atoms with Crippen molar-refractivity contribution in [3.8, 4) is 11.4 Å². The SMILES string of the molecule is Cc1ccc2oc(C(=O)N3CCC(c4nc(-c5ccccc5)no4)CC3)c(C)c2c1. The van der Waals surface area contributed by atoms with E-state index in [4.69, 9.17) is 8.94 Å². The molecule has 152 valence electrons. The Balaban J connectivity index is 1.29. The van der Waals surface area contributed by atoms with Crippen molar-refractivity contribution in [1.82, 2.24) is 15.0 Å². The first-order valence-corrected chi connectivity index (χ1v) is 10.3. The van der Waals surface area contributed by atoms with Crippen molar-refractivity contribution in [3.63, 3.8) is 0 Å². The molecule has 1 aliphatic rings. The van der Waals surface area contributed by atoms with Gasteiger partial charge in [0, 0.05) is 35.5 Å². The molecule has 0 spiro atoms. The van der Waals surface area contributed by atoms with Crippen molar-refractivity contribution in [2.75, 3.05) is 13.1 Å². The zero-order chi connectivity index (χ0) is 20.7. The second kappa shape index (κ2) is 7.44. The molecule has 0 bridgehead atoms. The average molecular weight is 401 g/mol. The molecule has 1 aliphatic heterocycles. The van der Waals surface area contributed by atoms with Crippen LogP contribution in [0.5, 0.6) is 0 Å². The van der Waals surface area contributed by atoms with Gasteiger partial charge in [-0.05, 0) is 38.8 Å². The van der Waals surface area contributed by atoms with Crippen LogP contribution in [0, 0.1) is 13.8 Å². The maximum absolute atomic E-state index is 13.1. The van der Waals surface area contributed by atoms with Crippen molar-refractivity contribution in [2.24, 2.45) is 0 Å². The number of aryl methyl sites for hydroxylation is 2. The Hall–Kier alpha value is -3.41. The van der Waals surface area contributed by atoms with Crippen molar-refractivity contribution in [1.29, 1.82) is 0 Å². The van der Waals surface area contributed by atoms with Crippen LogP contribution in [0.4, 0.5) is 0 Å². The van der Waals surface area contributed by atoms with Gasteiger partial charge in [0.15, 0.2) is 5.76 Å². The van der Waals surface area contributed by atoms with Crippen LogP contribution in [0.15, 0.2) is 57.5 Å². The summed E-state index contributed by atoms with van der Waals surface area (Å²) in [5.41, 5.74) is 3.76. The lowest BCUT2D eigenvalue weighted by Gasteiger charge is -2.29. The highest BCUT2D eigenvalue weighted by atomic mass is 16.5. The fourth-order valence-electron chi connectivity index (χ4n) is 4.12. The van der Waals surface area contributed by atoms with Crippen LogP contribution in [0.3, 0.4) is 0 Å². The molecule has 3 heterocycles. The summed E-state index contributed by atoms with van der Waals surface area (Å²) in [6.45, 7) is 5.28. The van der Waals surface area contributed by atoms with E-state index in [-0.39, 0.29) is 11.8 Å². The molecule has 1 saturated heterocycles. The lowest BCUT2D eigenvalue weighted by Crippen LogP contribution is -2.38. The molecule has 0 radical (unpaired) electrons. The molecule has 0 saturated carbocycles. The second-order valence-electron chi connectivity index (χ2n) is 7.94. The van der Waals surface area contributed by atoms with Crippen LogP contribution in [-0.2, 0) is 0 Å². The number of hydrogen-bond donors (Lipinski definition) is 0. The molecule has 30 heavy (non-hydrogen) atoms. The summed E-state index contributed by atoms with van der Waals surface area (Å²) in [4.78, 5) is 19.5. The van der Waals surface area contributed by atoms with Crippen LogP contribution in [-0.4, -0.2) is 34.0 Å². The third kappa shape index (κ3) is 3.28. The minimum absolute atomic E-state index is 0.0460. The second-order valence-corrected chi connectivity index (χ2v) is 7.94. The maximum Gasteiger partial charge on any atom is 0.289 e. The zero-order valence-corrected chi connectivity index (χ0v) is 17.1. The van der Waals surface area contributed by atoms with Gasteiger partial charge in [0.05, 0.1) is 0 Å². The standard InChI is InChI=1S/C24H23N3O3/c1-15-8-9-20-19(14-15)16(2)21(29-20)24(28)27-12-10-18(11-13-27)23-25-22(26-30-23)17-6-4-3-5-7-17/h3-9,14,18H,10-13H2,1-2H3. The van der Waals surface area contributed by atoms with Gasteiger partial charge in [0.1, 0.15) is 5.58 Å². The summed E-state index contributed by atoms with van der Waals surface area (Å²) >= 11 is 0. The molecule has 6 nitrogen and oxygen atoms in total. The lowest BCUT2D eigenvalue weighted by molar-refractivity contribution is 0.0674. The number of piperidine rings is 1. The zero-order valence-electron chi connectivity index (χ0n) is 17.1. The van der Waals surface area contributed by atoms with Crippen molar-refractivity contribution < 1.29 is 13.7 Å². The largest absolute Gasteiger partial charge is 0.451 e. The Morgan fingerprint density at radius 2 is 1.83 bits per heavy atom. The fourth-order valence-corrected chi connectivity index (χ4v) is 4.12. The minimum atomic E-state index is -0.0460. The van der Waals surface area contributed by atoms with Crippen LogP contribution in [0.1, 0.15) is 46.3 Å². The molecule has 1 fully saturated rings. The molecule has 0 N–H and O–H groups in total. The van der Waals surface area contributed by atoms with Gasteiger partial charge in [0.25, 0.3) is 5.91 Å². The van der Waals surface area contributed by atoms with E-state index in [1.807, 2.05) is 61.2 Å². The van der Waals surface area contributed by atoms with Crippen molar-refractivity contribution >= 4 is 16.9 Å². The molecule has 0 unspecified atom stereocenters. The topological polar surface area (TPSA) is 72.4 Å². The predicted molar refractivity (Wildman–Crippen MR) is 113 cm³/mol. The van der Waals surface area contributed by atoms with Crippen LogP contribution in [0.25, 0.3) is 22.4 Å². The van der Waals surface area contributed by atoms with Crippen LogP contribution < -0.4 is 0 Å². The van der Waals surface area contributed by atoms with E-state index in [0.717, 1.165) is 40.5 Å². The van der Waals surface area contributed by atoms with Crippen molar-refractivity contribution in [3.05, 3.63) is 71.3 Å². The van der Waals surface area contributed by atoms with Gasteiger partial charge in [-0.1, -0.05) is 47.1 Å². The first-order valence-electron chi connectivity index (χ1n) is 10.3. The van der Waals surface area contributed by atoms with Crippen LogP contribution >= 0.6 is 0 Å². The summed E-state index contributed by atoms with van der Waals surface area (Å²) in [5.74, 6) is 1.82. The third-order valence-corrected chi connectivity index (χ3v) is 5.89. The predicted octanol–water partition coefficient (Wildman–Crippen LogP) is 5.12. The monoisotopic (exact) mass is 401 g/mol. The summed E-state index contributed by atoms with van der Waals surface area (Å²) < 4.78 is 11.4. The Morgan fingerprint density at radius 3 is 2.60 bits per heavy atom. The normalized spacial score (nSPS) is 15.1. The molecule has 2 aromatic heterocycles. The maximum atomic E-state index is 13.1. The van der Waals surface area contributed by atoms with Gasteiger partial charge < -0.3 is 13.8 Å². The highest BCUT2D eigenvalue weighted by Gasteiger charge is 2.30. The summed E-state index contributed by atoms with van der Waals surface area (Å²) in [6.07, 6.45) is 1.58. The van der Waals surface area contributed by atoms with Crippen molar-refractivity contribution in [2.45, 2.75) is 32.6 Å². The van der Waals surface area contributed by atoms with E-state index in [0.29, 0.717) is 30.6 Å². The molecular weight excluding hydrogens is 378 g/mol. The number of amides is 1. The number of carbonyl (C=O) groups is 1. The molecule has 5 rings (SSSR count). The number of hydrogen-bond acceptors (Lipinski definition) is 5. The van der Waals surface area contributed by atoms with E-state index in [1.165, 1.54) is 0 Å². The number of furan rings is 1. The smallest absolute Gasteiger partial charge is 0.289 e. The van der Waals surface area contributed by atoms with Gasteiger partial charge in [-0.25, -0.2) is 0 Å². The van der Waals surface area contributed by atoms with E-state index < -0.39 is 0 Å². The average Bonchev–Trinajstić information content (AvgIpc) is 3.40. The number of fused-ring (bicyclic) bond motifs is 1. The molecule has 0 aliphatic carbocycles. The van der Waals surface area contributed by atoms with E-state index in [1.54, 1.807) is 0 Å². The highest BCUT2D eigenvalue weighted by molar-refractivity contribution is 5.99. The van der Waals surface area contributed by atoms with Gasteiger partial charge >= 0.3 is 0 Å². The van der Waals surface area contributed by atoms with E-state index in [2.05, 4.69) is 16.2 Å². The number of carbonyl (C=O) groups excluding carboxylic acids is 1. The first kappa shape index (κ1) is 18.6. The summed E-state index contributed by atoms with van der Waals surface area (Å²) in [5, 5.41) is 5.13. The van der Waals surface area contributed by atoms with E-state index >= 15 is 0 Å². The number of likely N-dealkylation sites (tertiary alicyclic amines) is 1. The summed E-state index contributed by atoms with van der Waals surface area (Å²) in [7, 11) is 0. The molecule has 4 aromatic rings. The Labute approximate surface area is 174 Å². The molecule has 6 heteroatoms. The molecule has 2 aromatic carbocycles.